The van der Waals surface area contributed by atoms with Gasteiger partial charge in [0.25, 0.3) is 0 Å². The first-order valence-corrected chi connectivity index (χ1v) is 9.63. The van der Waals surface area contributed by atoms with E-state index in [2.05, 4.69) is 25.2 Å². The number of nitrogens with two attached hydrogens (primary N) is 1. The van der Waals surface area contributed by atoms with Crippen molar-refractivity contribution in [1.29, 1.82) is 5.41 Å². The van der Waals surface area contributed by atoms with Gasteiger partial charge in [0.1, 0.15) is 5.82 Å². The zero-order valence-corrected chi connectivity index (χ0v) is 16.4. The molecule has 1 saturated heterocycles. The van der Waals surface area contributed by atoms with Crippen LogP contribution in [0.3, 0.4) is 0 Å². The van der Waals surface area contributed by atoms with Crippen LogP contribution in [0.4, 0.5) is 24.7 Å². The molecule has 0 saturated carbocycles. The molecule has 3 aromatic rings. The minimum atomic E-state index is -4.51. The summed E-state index contributed by atoms with van der Waals surface area (Å²) in [6.07, 6.45) is -1.12. The fourth-order valence-corrected chi connectivity index (χ4v) is 3.35. The van der Waals surface area contributed by atoms with Crippen molar-refractivity contribution in [2.45, 2.75) is 6.18 Å². The summed E-state index contributed by atoms with van der Waals surface area (Å²) in [7, 11) is 0. The highest BCUT2D eigenvalue weighted by atomic mass is 19.4. The van der Waals surface area contributed by atoms with Crippen LogP contribution in [0.2, 0.25) is 0 Å². The second-order valence-electron chi connectivity index (χ2n) is 7.11. The molecule has 0 spiro atoms. The number of rotatable bonds is 4. The minimum absolute atomic E-state index is 0.0677. The number of nitrogen functional groups attached to an aromatic ring is 1. The van der Waals surface area contributed by atoms with Gasteiger partial charge in [-0.05, 0) is 24.3 Å². The van der Waals surface area contributed by atoms with Crippen molar-refractivity contribution in [3.05, 3.63) is 65.7 Å². The average Bonchev–Trinajstić information content (AvgIpc) is 2.79. The number of pyridine rings is 3. The molecule has 160 valence electrons. The lowest BCUT2D eigenvalue weighted by molar-refractivity contribution is -0.137. The van der Waals surface area contributed by atoms with Crippen molar-refractivity contribution in [1.82, 2.24) is 20.3 Å². The second kappa shape index (κ2) is 8.31. The molecule has 31 heavy (non-hydrogen) atoms. The Morgan fingerprint density at radius 2 is 1.87 bits per heavy atom. The predicted molar refractivity (Wildman–Crippen MR) is 112 cm³/mol. The first kappa shape index (κ1) is 20.7. The van der Waals surface area contributed by atoms with Crippen molar-refractivity contribution in [3.63, 3.8) is 0 Å². The number of halogens is 3. The van der Waals surface area contributed by atoms with E-state index in [-0.39, 0.29) is 22.7 Å². The Hall–Kier alpha value is -3.53. The SMILES string of the molecule is N=C(c1cccc(N2CCNCC2)n1)c1cc(-c2cncc(C(F)(F)F)c2)ncc1N. The molecule has 0 aliphatic carbocycles. The largest absolute Gasteiger partial charge is 0.417 e. The van der Waals surface area contributed by atoms with Gasteiger partial charge in [-0.1, -0.05) is 6.07 Å². The Labute approximate surface area is 176 Å². The number of hydrogen-bond acceptors (Lipinski definition) is 7. The maximum absolute atomic E-state index is 13.0. The highest BCUT2D eigenvalue weighted by Crippen LogP contribution is 2.31. The lowest BCUT2D eigenvalue weighted by Gasteiger charge is -2.28. The van der Waals surface area contributed by atoms with E-state index in [1.165, 1.54) is 18.5 Å². The molecule has 7 nitrogen and oxygen atoms in total. The third kappa shape index (κ3) is 4.48. The molecule has 4 rings (SSSR count). The van der Waals surface area contributed by atoms with Gasteiger partial charge in [0.15, 0.2) is 0 Å². The van der Waals surface area contributed by atoms with Gasteiger partial charge in [0.05, 0.1) is 34.5 Å². The van der Waals surface area contributed by atoms with Crippen LogP contribution >= 0.6 is 0 Å². The summed E-state index contributed by atoms with van der Waals surface area (Å²) in [4.78, 5) is 14.5. The molecule has 4 N–H and O–H groups in total. The molecular formula is C21H20F3N7. The first-order valence-electron chi connectivity index (χ1n) is 9.63. The predicted octanol–water partition coefficient (Wildman–Crippen LogP) is 2.97. The molecule has 1 aliphatic heterocycles. The maximum atomic E-state index is 13.0. The van der Waals surface area contributed by atoms with Gasteiger partial charge in [0, 0.05) is 49.7 Å². The highest BCUT2D eigenvalue weighted by molar-refractivity contribution is 6.13. The zero-order chi connectivity index (χ0) is 22.0. The molecule has 10 heteroatoms. The maximum Gasteiger partial charge on any atom is 0.417 e. The quantitative estimate of drug-likeness (QED) is 0.553. The van der Waals surface area contributed by atoms with Crippen LogP contribution in [0.25, 0.3) is 11.3 Å². The molecule has 0 radical (unpaired) electrons. The van der Waals surface area contributed by atoms with E-state index in [4.69, 9.17) is 11.1 Å². The van der Waals surface area contributed by atoms with Crippen LogP contribution in [0.1, 0.15) is 16.8 Å². The lowest BCUT2D eigenvalue weighted by Crippen LogP contribution is -2.44. The van der Waals surface area contributed by atoms with Gasteiger partial charge >= 0.3 is 6.18 Å². The molecular weight excluding hydrogens is 407 g/mol. The molecule has 0 bridgehead atoms. The molecule has 0 aromatic carbocycles. The van der Waals surface area contributed by atoms with E-state index in [0.717, 1.165) is 44.3 Å². The minimum Gasteiger partial charge on any atom is -0.397 e. The zero-order valence-electron chi connectivity index (χ0n) is 16.4. The second-order valence-corrected chi connectivity index (χ2v) is 7.11. The molecule has 3 aromatic heterocycles. The summed E-state index contributed by atoms with van der Waals surface area (Å²) < 4.78 is 39.1. The standard InChI is InChI=1S/C21H20F3N7/c22-21(23,24)14-8-13(10-28-11-14)18-9-15(16(25)12-29-18)20(26)17-2-1-3-19(30-17)31-6-4-27-5-7-31/h1-3,8-12,26-27H,4-7,25H2. The summed E-state index contributed by atoms with van der Waals surface area (Å²) in [6.45, 7) is 3.34. The van der Waals surface area contributed by atoms with Crippen LogP contribution in [-0.2, 0) is 6.18 Å². The van der Waals surface area contributed by atoms with Crippen LogP contribution in [0.15, 0.2) is 48.9 Å². The van der Waals surface area contributed by atoms with Crippen molar-refractivity contribution in [2.24, 2.45) is 0 Å². The fraction of sp³-hybridized carbons (Fsp3) is 0.238. The number of hydrogen-bond donors (Lipinski definition) is 3. The third-order valence-corrected chi connectivity index (χ3v) is 5.00. The van der Waals surface area contributed by atoms with Crippen LogP contribution < -0.4 is 16.0 Å². The monoisotopic (exact) mass is 427 g/mol. The van der Waals surface area contributed by atoms with E-state index in [1.54, 1.807) is 6.07 Å². The van der Waals surface area contributed by atoms with Crippen LogP contribution in [0.5, 0.6) is 0 Å². The van der Waals surface area contributed by atoms with Gasteiger partial charge in [-0.3, -0.25) is 15.4 Å². The molecule has 0 unspecified atom stereocenters. The van der Waals surface area contributed by atoms with Gasteiger partial charge in [0.2, 0.25) is 0 Å². The summed E-state index contributed by atoms with van der Waals surface area (Å²) in [5.41, 5.74) is 6.66. The average molecular weight is 427 g/mol. The van der Waals surface area contributed by atoms with E-state index < -0.39 is 11.7 Å². The van der Waals surface area contributed by atoms with E-state index in [1.807, 2.05) is 12.1 Å². The number of anilines is 2. The molecule has 4 heterocycles. The van der Waals surface area contributed by atoms with Crippen LogP contribution in [0, 0.1) is 5.41 Å². The topological polar surface area (TPSA) is 104 Å². The number of piperazine rings is 1. The van der Waals surface area contributed by atoms with Gasteiger partial charge in [-0.2, -0.15) is 13.2 Å². The lowest BCUT2D eigenvalue weighted by atomic mass is 10.0. The highest BCUT2D eigenvalue weighted by Gasteiger charge is 2.31. The molecule has 0 atom stereocenters. The summed E-state index contributed by atoms with van der Waals surface area (Å²) in [5, 5.41) is 11.9. The number of aromatic nitrogens is 3. The summed E-state index contributed by atoms with van der Waals surface area (Å²) in [5.74, 6) is 0.763. The molecule has 1 fully saturated rings. The number of nitrogens with zero attached hydrogens (tertiary/aromatic N) is 4. The Morgan fingerprint density at radius 3 is 2.61 bits per heavy atom. The fourth-order valence-electron chi connectivity index (χ4n) is 3.35. The third-order valence-electron chi connectivity index (χ3n) is 5.00. The van der Waals surface area contributed by atoms with Crippen molar-refractivity contribution < 1.29 is 13.2 Å². The van der Waals surface area contributed by atoms with Gasteiger partial charge < -0.3 is 16.0 Å². The first-order chi connectivity index (χ1) is 14.8. The molecule has 0 amide bonds. The van der Waals surface area contributed by atoms with E-state index in [9.17, 15) is 13.2 Å². The summed E-state index contributed by atoms with van der Waals surface area (Å²) >= 11 is 0. The van der Waals surface area contributed by atoms with Crippen LogP contribution in [-0.4, -0.2) is 46.8 Å². The van der Waals surface area contributed by atoms with E-state index in [0.29, 0.717) is 11.3 Å². The smallest absolute Gasteiger partial charge is 0.397 e. The normalized spacial score (nSPS) is 14.5. The Morgan fingerprint density at radius 1 is 1.10 bits per heavy atom. The Kier molecular flexibility index (Phi) is 5.55. The molecule has 1 aliphatic rings. The van der Waals surface area contributed by atoms with E-state index >= 15 is 0 Å². The van der Waals surface area contributed by atoms with Crippen molar-refractivity contribution in [2.75, 3.05) is 36.8 Å². The van der Waals surface area contributed by atoms with Gasteiger partial charge in [-0.25, -0.2) is 4.98 Å². The Balaban J connectivity index is 1.67. The number of alkyl halides is 3. The number of nitrogens with one attached hydrogen (secondary N) is 2. The van der Waals surface area contributed by atoms with Crippen molar-refractivity contribution >= 4 is 17.2 Å². The van der Waals surface area contributed by atoms with Gasteiger partial charge in [-0.15, -0.1) is 0 Å². The summed E-state index contributed by atoms with van der Waals surface area (Å²) in [6, 6.07) is 7.89. The van der Waals surface area contributed by atoms with Crippen molar-refractivity contribution in [3.8, 4) is 11.3 Å². The Bertz CT molecular complexity index is 1110.